The average Bonchev–Trinajstić information content (AvgIpc) is 2.13. The van der Waals surface area contributed by atoms with Crippen LogP contribution in [0, 0.1) is 5.41 Å². The molecule has 0 radical (unpaired) electrons. The van der Waals surface area contributed by atoms with Crippen LogP contribution in [-0.2, 0) is 10.0 Å². The van der Waals surface area contributed by atoms with Crippen LogP contribution in [0.25, 0.3) is 0 Å². The number of anilines is 1. The molecule has 1 aromatic rings. The topological polar surface area (TPSA) is 72.0 Å². The SMILES string of the molecule is CC(C)(C)CCS(=O)(=O)Nc1ccnc(Cl)n1. The van der Waals surface area contributed by atoms with Crippen molar-refractivity contribution in [1.82, 2.24) is 9.97 Å². The summed E-state index contributed by atoms with van der Waals surface area (Å²) in [6, 6.07) is 1.46. The number of sulfonamides is 1. The van der Waals surface area contributed by atoms with Gasteiger partial charge in [0.05, 0.1) is 5.75 Å². The maximum Gasteiger partial charge on any atom is 0.233 e. The molecule has 0 saturated heterocycles. The van der Waals surface area contributed by atoms with Gasteiger partial charge in [0.1, 0.15) is 5.82 Å². The molecule has 1 aromatic heterocycles. The number of hydrogen-bond acceptors (Lipinski definition) is 4. The van der Waals surface area contributed by atoms with Gasteiger partial charge < -0.3 is 0 Å². The molecule has 1 rings (SSSR count). The van der Waals surface area contributed by atoms with Crippen LogP contribution in [0.2, 0.25) is 5.28 Å². The summed E-state index contributed by atoms with van der Waals surface area (Å²) >= 11 is 5.57. The summed E-state index contributed by atoms with van der Waals surface area (Å²) in [5.41, 5.74) is -0.0297. The minimum Gasteiger partial charge on any atom is -0.267 e. The number of halogens is 1. The molecule has 1 N–H and O–H groups in total. The summed E-state index contributed by atoms with van der Waals surface area (Å²) in [6.45, 7) is 5.97. The normalized spacial score (nSPS) is 12.5. The molecule has 0 saturated carbocycles. The van der Waals surface area contributed by atoms with Crippen LogP contribution >= 0.6 is 11.6 Å². The smallest absolute Gasteiger partial charge is 0.233 e. The summed E-state index contributed by atoms with van der Waals surface area (Å²) in [6.07, 6.45) is 1.97. The Morgan fingerprint density at radius 1 is 1.41 bits per heavy atom. The summed E-state index contributed by atoms with van der Waals surface area (Å²) in [7, 11) is -3.38. The molecule has 0 unspecified atom stereocenters. The largest absolute Gasteiger partial charge is 0.267 e. The van der Waals surface area contributed by atoms with Crippen LogP contribution < -0.4 is 4.72 Å². The quantitative estimate of drug-likeness (QED) is 0.857. The first-order valence-corrected chi connectivity index (χ1v) is 7.20. The van der Waals surface area contributed by atoms with Crippen molar-refractivity contribution in [2.75, 3.05) is 10.5 Å². The second kappa shape index (κ2) is 5.18. The Morgan fingerprint density at radius 2 is 2.06 bits per heavy atom. The third-order valence-electron chi connectivity index (χ3n) is 2.01. The van der Waals surface area contributed by atoms with E-state index >= 15 is 0 Å². The maximum atomic E-state index is 11.7. The maximum absolute atomic E-state index is 11.7. The van der Waals surface area contributed by atoms with E-state index < -0.39 is 10.0 Å². The van der Waals surface area contributed by atoms with Gasteiger partial charge in [-0.1, -0.05) is 20.8 Å². The highest BCUT2D eigenvalue weighted by Gasteiger charge is 2.17. The van der Waals surface area contributed by atoms with E-state index in [1.54, 1.807) is 0 Å². The highest BCUT2D eigenvalue weighted by Crippen LogP contribution is 2.19. The molecule has 5 nitrogen and oxygen atoms in total. The Morgan fingerprint density at radius 3 is 2.59 bits per heavy atom. The van der Waals surface area contributed by atoms with Crippen molar-refractivity contribution < 1.29 is 8.42 Å². The number of aromatic nitrogens is 2. The number of nitrogens with zero attached hydrogens (tertiary/aromatic N) is 2. The molecule has 7 heteroatoms. The molecular weight excluding hydrogens is 262 g/mol. The van der Waals surface area contributed by atoms with Crippen LogP contribution in [0.15, 0.2) is 12.3 Å². The summed E-state index contributed by atoms with van der Waals surface area (Å²) in [5.74, 6) is 0.247. The second-order valence-electron chi connectivity index (χ2n) is 4.94. The van der Waals surface area contributed by atoms with Gasteiger partial charge >= 0.3 is 0 Å². The highest BCUT2D eigenvalue weighted by atomic mass is 35.5. The molecular formula is C10H16ClN3O2S. The monoisotopic (exact) mass is 277 g/mol. The van der Waals surface area contributed by atoms with Gasteiger partial charge in [0.15, 0.2) is 0 Å². The lowest BCUT2D eigenvalue weighted by molar-refractivity contribution is 0.397. The predicted molar refractivity (Wildman–Crippen MR) is 68.5 cm³/mol. The van der Waals surface area contributed by atoms with E-state index in [0.29, 0.717) is 6.42 Å². The van der Waals surface area contributed by atoms with E-state index in [1.165, 1.54) is 12.3 Å². The van der Waals surface area contributed by atoms with Crippen LogP contribution in [0.5, 0.6) is 0 Å². The molecule has 0 bridgehead atoms. The van der Waals surface area contributed by atoms with E-state index in [1.807, 2.05) is 20.8 Å². The van der Waals surface area contributed by atoms with Crippen molar-refractivity contribution in [3.05, 3.63) is 17.5 Å². The molecule has 0 atom stereocenters. The van der Waals surface area contributed by atoms with Crippen LogP contribution in [0.1, 0.15) is 27.2 Å². The van der Waals surface area contributed by atoms with Gasteiger partial charge in [-0.3, -0.25) is 4.72 Å². The minimum absolute atomic E-state index is 0.0148. The predicted octanol–water partition coefficient (Wildman–Crippen LogP) is 2.31. The molecule has 0 fully saturated rings. The molecule has 96 valence electrons. The van der Waals surface area contributed by atoms with Crippen LogP contribution in [-0.4, -0.2) is 24.1 Å². The molecule has 0 amide bonds. The number of rotatable bonds is 4. The van der Waals surface area contributed by atoms with E-state index in [9.17, 15) is 8.42 Å². The average molecular weight is 278 g/mol. The lowest BCUT2D eigenvalue weighted by Gasteiger charge is -2.17. The fourth-order valence-corrected chi connectivity index (χ4v) is 2.61. The Hall–Kier alpha value is -0.880. The number of nitrogens with one attached hydrogen (secondary N) is 1. The summed E-state index contributed by atoms with van der Waals surface area (Å²) < 4.78 is 25.9. The standard InChI is InChI=1S/C10H16ClN3O2S/c1-10(2,3)5-7-17(15,16)14-8-4-6-12-9(11)13-8/h4,6H,5,7H2,1-3H3,(H,12,13,14). The second-order valence-corrected chi connectivity index (χ2v) is 7.12. The van der Waals surface area contributed by atoms with E-state index in [-0.39, 0.29) is 22.3 Å². The van der Waals surface area contributed by atoms with Gasteiger partial charge in [-0.05, 0) is 29.5 Å². The van der Waals surface area contributed by atoms with Crippen molar-refractivity contribution in [3.63, 3.8) is 0 Å². The van der Waals surface area contributed by atoms with Gasteiger partial charge in [0, 0.05) is 6.20 Å². The van der Waals surface area contributed by atoms with Gasteiger partial charge in [0.25, 0.3) is 0 Å². The molecule has 0 aliphatic rings. The molecule has 17 heavy (non-hydrogen) atoms. The molecule has 0 aliphatic heterocycles. The zero-order valence-corrected chi connectivity index (χ0v) is 11.6. The van der Waals surface area contributed by atoms with Crippen molar-refractivity contribution in [3.8, 4) is 0 Å². The van der Waals surface area contributed by atoms with E-state index in [0.717, 1.165) is 0 Å². The molecule has 0 spiro atoms. The highest BCUT2D eigenvalue weighted by molar-refractivity contribution is 7.92. The summed E-state index contributed by atoms with van der Waals surface area (Å²) in [4.78, 5) is 7.44. The third kappa shape index (κ3) is 5.83. The lowest BCUT2D eigenvalue weighted by atomic mass is 9.94. The molecule has 0 aromatic carbocycles. The van der Waals surface area contributed by atoms with Crippen molar-refractivity contribution in [1.29, 1.82) is 0 Å². The zero-order valence-electron chi connectivity index (χ0n) is 10.1. The summed E-state index contributed by atoms with van der Waals surface area (Å²) in [5, 5.41) is 0.0148. The van der Waals surface area contributed by atoms with Gasteiger partial charge in [-0.2, -0.15) is 4.98 Å². The Labute approximate surface area is 107 Å². The first kappa shape index (κ1) is 14.2. The lowest BCUT2D eigenvalue weighted by Crippen LogP contribution is -2.21. The van der Waals surface area contributed by atoms with E-state index in [2.05, 4.69) is 14.7 Å². The van der Waals surface area contributed by atoms with Gasteiger partial charge in [0.2, 0.25) is 15.3 Å². The Kier molecular flexibility index (Phi) is 4.32. The van der Waals surface area contributed by atoms with Crippen LogP contribution in [0.3, 0.4) is 0 Å². The third-order valence-corrected chi connectivity index (χ3v) is 3.45. The Bertz CT molecular complexity index is 483. The van der Waals surface area contributed by atoms with Gasteiger partial charge in [-0.15, -0.1) is 0 Å². The minimum atomic E-state index is -3.38. The van der Waals surface area contributed by atoms with Crippen molar-refractivity contribution in [2.45, 2.75) is 27.2 Å². The first-order chi connectivity index (χ1) is 7.68. The van der Waals surface area contributed by atoms with Crippen LogP contribution in [0.4, 0.5) is 5.82 Å². The fourth-order valence-electron chi connectivity index (χ4n) is 1.04. The zero-order chi connectivity index (χ0) is 13.1. The van der Waals surface area contributed by atoms with E-state index in [4.69, 9.17) is 11.6 Å². The van der Waals surface area contributed by atoms with Crippen molar-refractivity contribution >= 4 is 27.4 Å². The number of hydrogen-bond donors (Lipinski definition) is 1. The fraction of sp³-hybridized carbons (Fsp3) is 0.600. The first-order valence-electron chi connectivity index (χ1n) is 5.17. The molecule has 1 heterocycles. The Balaban J connectivity index is 2.67. The molecule has 0 aliphatic carbocycles. The van der Waals surface area contributed by atoms with Crippen molar-refractivity contribution in [2.24, 2.45) is 5.41 Å². The van der Waals surface area contributed by atoms with Gasteiger partial charge in [-0.25, -0.2) is 13.4 Å².